The molecule has 1 amide bonds. The number of hydrazone groups is 1. The third-order valence-corrected chi connectivity index (χ3v) is 6.60. The number of sulfonamides is 1. The Morgan fingerprint density at radius 2 is 1.74 bits per heavy atom. The van der Waals surface area contributed by atoms with E-state index in [-0.39, 0.29) is 10.6 Å². The van der Waals surface area contributed by atoms with Gasteiger partial charge >= 0.3 is 5.97 Å². The summed E-state index contributed by atoms with van der Waals surface area (Å²) in [5, 5.41) is 3.85. The molecule has 0 radical (unpaired) electrons. The Morgan fingerprint density at radius 3 is 2.44 bits per heavy atom. The molecule has 0 unspecified atom stereocenters. The van der Waals surface area contributed by atoms with Gasteiger partial charge in [-0.1, -0.05) is 51.8 Å². The van der Waals surface area contributed by atoms with Crippen LogP contribution in [0.3, 0.4) is 0 Å². The third-order valence-electron chi connectivity index (χ3n) is 4.69. The maximum Gasteiger partial charge on any atom is 0.343 e. The van der Waals surface area contributed by atoms with E-state index in [0.717, 1.165) is 11.1 Å². The Hall–Kier alpha value is -3.34. The van der Waals surface area contributed by atoms with Crippen LogP contribution in [0.15, 0.2) is 81.2 Å². The lowest BCUT2D eigenvalue weighted by atomic mass is 10.1. The minimum Gasteiger partial charge on any atom is -0.422 e. The van der Waals surface area contributed by atoms with Gasteiger partial charge in [0.15, 0.2) is 0 Å². The normalized spacial score (nSPS) is 11.4. The topological polar surface area (TPSA) is 114 Å². The summed E-state index contributed by atoms with van der Waals surface area (Å²) in [6.45, 7) is 3.15. The zero-order valence-electron chi connectivity index (χ0n) is 18.4. The number of carbonyl (C=O) groups is 2. The largest absolute Gasteiger partial charge is 0.422 e. The van der Waals surface area contributed by atoms with Gasteiger partial charge in [0.2, 0.25) is 10.0 Å². The first-order valence-electron chi connectivity index (χ1n) is 10.1. The van der Waals surface area contributed by atoms with Crippen molar-refractivity contribution in [2.75, 3.05) is 6.54 Å². The SMILES string of the molecule is Cc1ccc(S(=O)(=O)NCC(=O)NN=Cc2cc(Br)ccc2OC(=O)c2ccccc2C)cc1. The van der Waals surface area contributed by atoms with Gasteiger partial charge in [-0.2, -0.15) is 5.10 Å². The predicted octanol–water partition coefficient (Wildman–Crippen LogP) is 3.71. The van der Waals surface area contributed by atoms with E-state index in [9.17, 15) is 18.0 Å². The molecular formula is C24H22BrN3O5S. The number of hydrogen-bond donors (Lipinski definition) is 2. The molecule has 3 rings (SSSR count). The van der Waals surface area contributed by atoms with Crippen molar-refractivity contribution >= 4 is 44.0 Å². The van der Waals surface area contributed by atoms with E-state index in [1.165, 1.54) is 18.3 Å². The number of benzene rings is 3. The molecule has 34 heavy (non-hydrogen) atoms. The van der Waals surface area contributed by atoms with Crippen LogP contribution in [0.1, 0.15) is 27.0 Å². The fourth-order valence-corrected chi connectivity index (χ4v) is 4.21. The molecule has 0 aliphatic rings. The van der Waals surface area contributed by atoms with Crippen molar-refractivity contribution in [1.82, 2.24) is 10.1 Å². The second kappa shape index (κ2) is 11.2. The first-order chi connectivity index (χ1) is 16.2. The second-order valence-electron chi connectivity index (χ2n) is 7.32. The van der Waals surface area contributed by atoms with Crippen LogP contribution in [0.4, 0.5) is 0 Å². The monoisotopic (exact) mass is 543 g/mol. The number of halogens is 1. The van der Waals surface area contributed by atoms with Crippen LogP contribution < -0.4 is 14.9 Å². The van der Waals surface area contributed by atoms with Gasteiger partial charge in [0.05, 0.1) is 23.2 Å². The first-order valence-corrected chi connectivity index (χ1v) is 12.4. The Bertz CT molecular complexity index is 1340. The number of carbonyl (C=O) groups excluding carboxylic acids is 2. The number of nitrogens with zero attached hydrogens (tertiary/aromatic N) is 1. The highest BCUT2D eigenvalue weighted by molar-refractivity contribution is 9.10. The summed E-state index contributed by atoms with van der Waals surface area (Å²) >= 11 is 3.35. The van der Waals surface area contributed by atoms with E-state index in [1.54, 1.807) is 42.5 Å². The molecule has 3 aromatic rings. The number of hydrogen-bond acceptors (Lipinski definition) is 6. The molecule has 0 saturated carbocycles. The molecular weight excluding hydrogens is 522 g/mol. The van der Waals surface area contributed by atoms with Crippen molar-refractivity contribution in [3.63, 3.8) is 0 Å². The quantitative estimate of drug-likeness (QED) is 0.194. The Morgan fingerprint density at radius 1 is 1.03 bits per heavy atom. The summed E-state index contributed by atoms with van der Waals surface area (Å²) in [6.07, 6.45) is 1.30. The third kappa shape index (κ3) is 6.83. The molecule has 0 spiro atoms. The first kappa shape index (κ1) is 25.3. The lowest BCUT2D eigenvalue weighted by molar-refractivity contribution is -0.119. The van der Waals surface area contributed by atoms with E-state index >= 15 is 0 Å². The maximum atomic E-state index is 12.6. The van der Waals surface area contributed by atoms with Crippen molar-refractivity contribution in [2.24, 2.45) is 5.10 Å². The van der Waals surface area contributed by atoms with Crippen LogP contribution in [0.25, 0.3) is 0 Å². The number of nitrogens with one attached hydrogen (secondary N) is 2. The molecule has 0 atom stereocenters. The lowest BCUT2D eigenvalue weighted by Crippen LogP contribution is -2.34. The average Bonchev–Trinajstić information content (AvgIpc) is 2.80. The van der Waals surface area contributed by atoms with E-state index in [1.807, 2.05) is 26.0 Å². The molecule has 8 nitrogen and oxygen atoms in total. The van der Waals surface area contributed by atoms with E-state index in [2.05, 4.69) is 31.2 Å². The highest BCUT2D eigenvalue weighted by atomic mass is 79.9. The van der Waals surface area contributed by atoms with Gasteiger partial charge in [0, 0.05) is 10.0 Å². The molecule has 2 N–H and O–H groups in total. The molecule has 176 valence electrons. The summed E-state index contributed by atoms with van der Waals surface area (Å²) < 4.78 is 33.0. The summed E-state index contributed by atoms with van der Waals surface area (Å²) in [5.41, 5.74) is 4.81. The zero-order chi connectivity index (χ0) is 24.7. The molecule has 0 fully saturated rings. The highest BCUT2D eigenvalue weighted by Crippen LogP contribution is 2.23. The zero-order valence-corrected chi connectivity index (χ0v) is 20.8. The maximum absolute atomic E-state index is 12.6. The van der Waals surface area contributed by atoms with Crippen LogP contribution in [0.2, 0.25) is 0 Å². The molecule has 0 heterocycles. The molecule has 0 bridgehead atoms. The van der Waals surface area contributed by atoms with Crippen molar-refractivity contribution in [1.29, 1.82) is 0 Å². The van der Waals surface area contributed by atoms with Gasteiger partial charge < -0.3 is 4.74 Å². The van der Waals surface area contributed by atoms with Gasteiger partial charge in [-0.05, 0) is 55.8 Å². The summed E-state index contributed by atoms with van der Waals surface area (Å²) in [6, 6.07) is 18.3. The van der Waals surface area contributed by atoms with E-state index in [0.29, 0.717) is 15.6 Å². The van der Waals surface area contributed by atoms with Crippen LogP contribution in [-0.4, -0.2) is 33.1 Å². The fourth-order valence-electron chi connectivity index (χ4n) is 2.84. The molecule has 0 aliphatic heterocycles. The standard InChI is InChI=1S/C24H22BrN3O5S/c1-16-7-10-20(11-8-16)34(31,32)27-15-23(29)28-26-14-18-13-19(25)9-12-22(18)33-24(30)21-6-4-3-5-17(21)2/h3-14,27H,15H2,1-2H3,(H,28,29). The Balaban J connectivity index is 1.63. The number of ether oxygens (including phenoxy) is 1. The second-order valence-corrected chi connectivity index (χ2v) is 10.00. The minimum absolute atomic E-state index is 0.0589. The van der Waals surface area contributed by atoms with Crippen molar-refractivity contribution in [3.8, 4) is 5.75 Å². The van der Waals surface area contributed by atoms with Gasteiger partial charge in [0.1, 0.15) is 5.75 Å². The molecule has 0 aliphatic carbocycles. The summed E-state index contributed by atoms with van der Waals surface area (Å²) in [5.74, 6) is -0.945. The number of rotatable bonds is 8. The van der Waals surface area contributed by atoms with E-state index < -0.39 is 28.4 Å². The summed E-state index contributed by atoms with van der Waals surface area (Å²) in [4.78, 5) is 24.7. The van der Waals surface area contributed by atoms with Crippen molar-refractivity contribution in [3.05, 3.63) is 93.5 Å². The fraction of sp³-hybridized carbons (Fsp3) is 0.125. The molecule has 0 aromatic heterocycles. The molecule has 0 saturated heterocycles. The van der Waals surface area contributed by atoms with Gasteiger partial charge in [-0.25, -0.2) is 23.4 Å². The van der Waals surface area contributed by atoms with Crippen molar-refractivity contribution in [2.45, 2.75) is 18.7 Å². The minimum atomic E-state index is -3.83. The van der Waals surface area contributed by atoms with Crippen LogP contribution >= 0.6 is 15.9 Å². The van der Waals surface area contributed by atoms with Crippen molar-refractivity contribution < 1.29 is 22.7 Å². The number of esters is 1. The average molecular weight is 544 g/mol. The summed E-state index contributed by atoms with van der Waals surface area (Å²) in [7, 11) is -3.83. The lowest BCUT2D eigenvalue weighted by Gasteiger charge is -2.09. The smallest absolute Gasteiger partial charge is 0.343 e. The molecule has 3 aromatic carbocycles. The predicted molar refractivity (Wildman–Crippen MR) is 132 cm³/mol. The van der Waals surface area contributed by atoms with Gasteiger partial charge in [-0.3, -0.25) is 4.79 Å². The van der Waals surface area contributed by atoms with Gasteiger partial charge in [0.25, 0.3) is 5.91 Å². The highest BCUT2D eigenvalue weighted by Gasteiger charge is 2.16. The van der Waals surface area contributed by atoms with Crippen LogP contribution in [0.5, 0.6) is 5.75 Å². The molecule has 10 heteroatoms. The Labute approximate surface area is 206 Å². The van der Waals surface area contributed by atoms with Crippen LogP contribution in [-0.2, 0) is 14.8 Å². The van der Waals surface area contributed by atoms with E-state index in [4.69, 9.17) is 4.74 Å². The van der Waals surface area contributed by atoms with Crippen LogP contribution in [0, 0.1) is 13.8 Å². The van der Waals surface area contributed by atoms with Gasteiger partial charge in [-0.15, -0.1) is 0 Å². The number of aryl methyl sites for hydroxylation is 2. The number of amides is 1. The Kier molecular flexibility index (Phi) is 8.32.